The van der Waals surface area contributed by atoms with Crippen molar-refractivity contribution in [2.24, 2.45) is 0 Å². The van der Waals surface area contributed by atoms with Gasteiger partial charge in [-0.05, 0) is 44.1 Å². The fraction of sp³-hybridized carbons (Fsp3) is 0.368. The zero-order valence-corrected chi connectivity index (χ0v) is 16.1. The molecule has 0 aliphatic carbocycles. The zero-order valence-electron chi connectivity index (χ0n) is 15.3. The van der Waals surface area contributed by atoms with Crippen LogP contribution in [0.3, 0.4) is 0 Å². The number of hydrogen-bond donors (Lipinski definition) is 2. The summed E-state index contributed by atoms with van der Waals surface area (Å²) in [6.07, 6.45) is 3.76. The van der Waals surface area contributed by atoms with Gasteiger partial charge in [0.2, 0.25) is 0 Å². The van der Waals surface area contributed by atoms with Gasteiger partial charge >= 0.3 is 0 Å². The third-order valence-electron chi connectivity index (χ3n) is 4.99. The Labute approximate surface area is 163 Å². The van der Waals surface area contributed by atoms with Crippen molar-refractivity contribution in [3.63, 3.8) is 0 Å². The molecule has 0 unspecified atom stereocenters. The van der Waals surface area contributed by atoms with Gasteiger partial charge < -0.3 is 19.8 Å². The smallest absolute Gasteiger partial charge is 0.251 e. The van der Waals surface area contributed by atoms with Crippen LogP contribution in [0.25, 0.3) is 16.8 Å². The standard InChI is InChI=1S/C19H22N4O3.ClH/c1-25-13-3-4-17(26-2)14(9-13)15-11-21-23-16(10-18(24)22-19(15)23)12-5-7-20-8-6-12;/h3-4,9-12,20H,5-8H2,1-2H3,(H,22,24);1H. The van der Waals surface area contributed by atoms with Crippen LogP contribution < -0.4 is 20.3 Å². The van der Waals surface area contributed by atoms with Gasteiger partial charge in [0.25, 0.3) is 5.56 Å². The van der Waals surface area contributed by atoms with E-state index >= 15 is 0 Å². The van der Waals surface area contributed by atoms with E-state index in [0.717, 1.165) is 48.5 Å². The van der Waals surface area contributed by atoms with Crippen molar-refractivity contribution in [3.05, 3.63) is 46.5 Å². The van der Waals surface area contributed by atoms with Crippen LogP contribution in [0.1, 0.15) is 24.5 Å². The van der Waals surface area contributed by atoms with Gasteiger partial charge in [0, 0.05) is 23.1 Å². The first-order valence-electron chi connectivity index (χ1n) is 8.75. The molecule has 7 nitrogen and oxygen atoms in total. The Hall–Kier alpha value is -2.51. The summed E-state index contributed by atoms with van der Waals surface area (Å²) in [6.45, 7) is 1.91. The molecule has 1 aliphatic heterocycles. The molecule has 3 heterocycles. The number of piperidine rings is 1. The van der Waals surface area contributed by atoms with Crippen molar-refractivity contribution in [1.82, 2.24) is 19.9 Å². The summed E-state index contributed by atoms with van der Waals surface area (Å²) in [5.41, 5.74) is 3.17. The van der Waals surface area contributed by atoms with Crippen LogP contribution in [0.4, 0.5) is 0 Å². The number of aromatic amines is 1. The Balaban J connectivity index is 0.00000210. The van der Waals surface area contributed by atoms with E-state index in [2.05, 4.69) is 15.4 Å². The quantitative estimate of drug-likeness (QED) is 0.715. The summed E-state index contributed by atoms with van der Waals surface area (Å²) < 4.78 is 12.7. The van der Waals surface area contributed by atoms with E-state index in [0.29, 0.717) is 17.3 Å². The van der Waals surface area contributed by atoms with Crippen LogP contribution in [-0.2, 0) is 0 Å². The highest BCUT2D eigenvalue weighted by Crippen LogP contribution is 2.36. The van der Waals surface area contributed by atoms with Crippen LogP contribution in [0.5, 0.6) is 11.5 Å². The number of H-pyrrole nitrogens is 1. The van der Waals surface area contributed by atoms with Crippen molar-refractivity contribution in [3.8, 4) is 22.6 Å². The van der Waals surface area contributed by atoms with Crippen LogP contribution in [-0.4, -0.2) is 41.9 Å². The topological polar surface area (TPSA) is 80.7 Å². The first-order valence-corrected chi connectivity index (χ1v) is 8.75. The van der Waals surface area contributed by atoms with Crippen LogP contribution in [0.15, 0.2) is 35.3 Å². The predicted molar refractivity (Wildman–Crippen MR) is 106 cm³/mol. The lowest BCUT2D eigenvalue weighted by molar-refractivity contribution is 0.404. The lowest BCUT2D eigenvalue weighted by Crippen LogP contribution is -2.28. The molecule has 1 aromatic carbocycles. The number of hydrogen-bond acceptors (Lipinski definition) is 5. The highest BCUT2D eigenvalue weighted by Gasteiger charge is 2.21. The Morgan fingerprint density at radius 2 is 1.89 bits per heavy atom. The molecule has 1 saturated heterocycles. The molecule has 8 heteroatoms. The minimum atomic E-state index is -0.116. The number of methoxy groups -OCH3 is 2. The Morgan fingerprint density at radius 1 is 1.11 bits per heavy atom. The van der Waals surface area contributed by atoms with E-state index in [1.165, 1.54) is 0 Å². The summed E-state index contributed by atoms with van der Waals surface area (Å²) in [5, 5.41) is 7.93. The molecule has 2 aromatic heterocycles. The minimum Gasteiger partial charge on any atom is -0.497 e. The number of benzene rings is 1. The van der Waals surface area contributed by atoms with Crippen LogP contribution in [0, 0.1) is 0 Å². The maximum atomic E-state index is 12.3. The van der Waals surface area contributed by atoms with E-state index in [-0.39, 0.29) is 18.0 Å². The lowest BCUT2D eigenvalue weighted by atomic mass is 9.94. The number of halogens is 1. The number of fused-ring (bicyclic) bond motifs is 1. The van der Waals surface area contributed by atoms with Crippen molar-refractivity contribution in [1.29, 1.82) is 0 Å². The molecule has 0 amide bonds. The van der Waals surface area contributed by atoms with Crippen molar-refractivity contribution in [2.75, 3.05) is 27.3 Å². The van der Waals surface area contributed by atoms with E-state index in [1.807, 2.05) is 22.7 Å². The molecule has 27 heavy (non-hydrogen) atoms. The van der Waals surface area contributed by atoms with Gasteiger partial charge in [0.15, 0.2) is 0 Å². The van der Waals surface area contributed by atoms with E-state index in [1.54, 1.807) is 26.5 Å². The average Bonchev–Trinajstić information content (AvgIpc) is 3.11. The number of aromatic nitrogens is 3. The molecule has 0 saturated carbocycles. The first kappa shape index (κ1) is 19.3. The number of rotatable bonds is 4. The second-order valence-corrected chi connectivity index (χ2v) is 6.47. The van der Waals surface area contributed by atoms with E-state index < -0.39 is 0 Å². The van der Waals surface area contributed by atoms with Gasteiger partial charge in [-0.15, -0.1) is 12.4 Å². The SMILES string of the molecule is COc1ccc(OC)c(-c2cnn3c(C4CCNCC4)cc(=O)[nH]c23)c1.Cl. The normalized spacial score (nSPS) is 14.7. The molecule has 4 rings (SSSR count). The third-order valence-corrected chi connectivity index (χ3v) is 4.99. The van der Waals surface area contributed by atoms with Gasteiger partial charge in [-0.3, -0.25) is 4.79 Å². The molecule has 2 N–H and O–H groups in total. The molecule has 1 aliphatic rings. The fourth-order valence-electron chi connectivity index (χ4n) is 3.64. The van der Waals surface area contributed by atoms with Crippen molar-refractivity contribution >= 4 is 18.1 Å². The monoisotopic (exact) mass is 390 g/mol. The van der Waals surface area contributed by atoms with Gasteiger partial charge in [-0.25, -0.2) is 4.52 Å². The number of nitrogens with one attached hydrogen (secondary N) is 2. The number of ether oxygens (including phenoxy) is 2. The van der Waals surface area contributed by atoms with Crippen molar-refractivity contribution in [2.45, 2.75) is 18.8 Å². The molecule has 0 radical (unpaired) electrons. The van der Waals surface area contributed by atoms with Gasteiger partial charge in [-0.2, -0.15) is 5.10 Å². The summed E-state index contributed by atoms with van der Waals surface area (Å²) in [5.74, 6) is 1.74. The zero-order chi connectivity index (χ0) is 18.1. The number of nitrogens with zero attached hydrogens (tertiary/aromatic N) is 2. The molecule has 0 bridgehead atoms. The Morgan fingerprint density at radius 3 is 2.59 bits per heavy atom. The molecule has 1 fully saturated rings. The van der Waals surface area contributed by atoms with E-state index in [4.69, 9.17) is 9.47 Å². The van der Waals surface area contributed by atoms with E-state index in [9.17, 15) is 4.79 Å². The molecule has 144 valence electrons. The first-order chi connectivity index (χ1) is 12.7. The van der Waals surface area contributed by atoms with Gasteiger partial charge in [-0.1, -0.05) is 0 Å². The summed E-state index contributed by atoms with van der Waals surface area (Å²) in [4.78, 5) is 15.3. The third kappa shape index (κ3) is 3.52. The lowest BCUT2D eigenvalue weighted by Gasteiger charge is -2.23. The summed E-state index contributed by atoms with van der Waals surface area (Å²) in [7, 11) is 3.25. The molecular formula is C19H23ClN4O3. The fourth-order valence-corrected chi connectivity index (χ4v) is 3.64. The van der Waals surface area contributed by atoms with Crippen LogP contribution >= 0.6 is 12.4 Å². The van der Waals surface area contributed by atoms with Gasteiger partial charge in [0.1, 0.15) is 17.1 Å². The second kappa shape index (κ2) is 8.02. The predicted octanol–water partition coefficient (Wildman–Crippen LogP) is 2.60. The van der Waals surface area contributed by atoms with Crippen LogP contribution in [0.2, 0.25) is 0 Å². The Bertz CT molecular complexity index is 992. The summed E-state index contributed by atoms with van der Waals surface area (Å²) in [6, 6.07) is 7.26. The second-order valence-electron chi connectivity index (χ2n) is 6.47. The largest absolute Gasteiger partial charge is 0.497 e. The summed E-state index contributed by atoms with van der Waals surface area (Å²) >= 11 is 0. The maximum Gasteiger partial charge on any atom is 0.251 e. The maximum absolute atomic E-state index is 12.3. The minimum absolute atomic E-state index is 0. The highest BCUT2D eigenvalue weighted by molar-refractivity contribution is 5.85. The molecular weight excluding hydrogens is 368 g/mol. The average molecular weight is 391 g/mol. The van der Waals surface area contributed by atoms with Gasteiger partial charge in [0.05, 0.1) is 26.1 Å². The highest BCUT2D eigenvalue weighted by atomic mass is 35.5. The molecule has 3 aromatic rings. The Kier molecular flexibility index (Phi) is 5.72. The molecule has 0 atom stereocenters. The van der Waals surface area contributed by atoms with Crippen molar-refractivity contribution < 1.29 is 9.47 Å². The molecule has 0 spiro atoms.